The number of thiocarbonyl (C=S) groups is 1. The third-order valence-corrected chi connectivity index (χ3v) is 4.51. The number of likely N-dealkylation sites (tertiary alicyclic amines) is 1. The van der Waals surface area contributed by atoms with E-state index in [1.54, 1.807) is 0 Å². The number of hydrogen-bond acceptors (Lipinski definition) is 3. The summed E-state index contributed by atoms with van der Waals surface area (Å²) < 4.78 is 5.74. The molecule has 1 fully saturated rings. The van der Waals surface area contributed by atoms with Gasteiger partial charge in [0, 0.05) is 12.2 Å². The minimum absolute atomic E-state index is 0.367. The second-order valence-electron chi connectivity index (χ2n) is 6.18. The molecule has 1 saturated heterocycles. The van der Waals surface area contributed by atoms with Gasteiger partial charge in [-0.2, -0.15) is 0 Å². The van der Waals surface area contributed by atoms with Gasteiger partial charge in [0.05, 0.1) is 0 Å². The summed E-state index contributed by atoms with van der Waals surface area (Å²) in [6.45, 7) is 3.68. The lowest BCUT2D eigenvalue weighted by Crippen LogP contribution is -2.20. The molecule has 24 heavy (non-hydrogen) atoms. The lowest BCUT2D eigenvalue weighted by atomic mass is 10.1. The number of anilines is 1. The first kappa shape index (κ1) is 16.9. The van der Waals surface area contributed by atoms with Crippen molar-refractivity contribution in [1.29, 1.82) is 0 Å². The van der Waals surface area contributed by atoms with Crippen LogP contribution in [0.3, 0.4) is 0 Å². The predicted octanol–water partition coefficient (Wildman–Crippen LogP) is 4.66. The highest BCUT2D eigenvalue weighted by Gasteiger charge is 2.11. The Kier molecular flexibility index (Phi) is 6.21. The van der Waals surface area contributed by atoms with Gasteiger partial charge < -0.3 is 15.0 Å². The first-order chi connectivity index (χ1) is 11.8. The van der Waals surface area contributed by atoms with Crippen LogP contribution in [-0.2, 0) is 4.74 Å². The summed E-state index contributed by atoms with van der Waals surface area (Å²) in [5.74, 6) is 0.777. The van der Waals surface area contributed by atoms with Crippen molar-refractivity contribution in [1.82, 2.24) is 4.90 Å². The van der Waals surface area contributed by atoms with Crippen molar-refractivity contribution >= 4 is 23.1 Å². The molecule has 1 aromatic rings. The highest BCUT2D eigenvalue weighted by Crippen LogP contribution is 2.18. The van der Waals surface area contributed by atoms with Crippen LogP contribution in [0.1, 0.15) is 25.7 Å². The van der Waals surface area contributed by atoms with Gasteiger partial charge in [-0.1, -0.05) is 35.9 Å². The average molecular weight is 340 g/mol. The Morgan fingerprint density at radius 1 is 1.12 bits per heavy atom. The number of rotatable bonds is 5. The normalized spacial score (nSPS) is 17.8. The van der Waals surface area contributed by atoms with Gasteiger partial charge >= 0.3 is 0 Å². The molecule has 0 amide bonds. The first-order valence-electron chi connectivity index (χ1n) is 8.62. The summed E-state index contributed by atoms with van der Waals surface area (Å²) in [6.07, 6.45) is 13.2. The van der Waals surface area contributed by atoms with Gasteiger partial charge in [0.2, 0.25) is 0 Å². The van der Waals surface area contributed by atoms with E-state index in [-0.39, 0.29) is 0 Å². The lowest BCUT2D eigenvalue weighted by molar-refractivity contribution is 0.342. The van der Waals surface area contributed by atoms with Crippen molar-refractivity contribution in [3.05, 3.63) is 66.0 Å². The molecule has 0 aromatic heterocycles. The minimum atomic E-state index is 0.367. The molecule has 0 radical (unpaired) electrons. The van der Waals surface area contributed by atoms with E-state index >= 15 is 0 Å². The van der Waals surface area contributed by atoms with E-state index in [2.05, 4.69) is 22.4 Å². The molecule has 1 aliphatic heterocycles. The van der Waals surface area contributed by atoms with Crippen molar-refractivity contribution in [3.63, 3.8) is 0 Å². The lowest BCUT2D eigenvalue weighted by Gasteiger charge is -2.14. The molecule has 0 spiro atoms. The topological polar surface area (TPSA) is 24.5 Å². The van der Waals surface area contributed by atoms with E-state index in [4.69, 9.17) is 17.0 Å². The zero-order valence-corrected chi connectivity index (χ0v) is 14.7. The maximum atomic E-state index is 5.74. The van der Waals surface area contributed by atoms with Crippen molar-refractivity contribution in [2.75, 3.05) is 25.0 Å². The van der Waals surface area contributed by atoms with Gasteiger partial charge in [0.1, 0.15) is 5.76 Å². The van der Waals surface area contributed by atoms with Crippen LogP contribution in [0, 0.1) is 0 Å². The Balaban J connectivity index is 1.50. The van der Waals surface area contributed by atoms with Crippen LogP contribution in [0.4, 0.5) is 5.69 Å². The monoisotopic (exact) mass is 340 g/mol. The molecule has 1 aromatic carbocycles. The molecule has 0 saturated carbocycles. The number of ether oxygens (including phenoxy) is 1. The maximum Gasteiger partial charge on any atom is 0.266 e. The zero-order valence-electron chi connectivity index (χ0n) is 13.9. The summed E-state index contributed by atoms with van der Waals surface area (Å²) >= 11 is 5.28. The fourth-order valence-electron chi connectivity index (χ4n) is 2.98. The molecular formula is C20H24N2OS. The van der Waals surface area contributed by atoms with Crippen molar-refractivity contribution < 1.29 is 4.74 Å². The summed E-state index contributed by atoms with van der Waals surface area (Å²) in [5, 5.41) is 3.46. The van der Waals surface area contributed by atoms with E-state index in [1.807, 2.05) is 42.5 Å². The van der Waals surface area contributed by atoms with Crippen LogP contribution in [0.15, 0.2) is 66.0 Å². The zero-order chi connectivity index (χ0) is 16.6. The fraction of sp³-hybridized carbons (Fsp3) is 0.350. The number of allylic oxidation sites excluding steroid dienone is 4. The number of para-hydroxylation sites is 1. The van der Waals surface area contributed by atoms with Crippen molar-refractivity contribution in [2.24, 2.45) is 0 Å². The third-order valence-electron chi connectivity index (χ3n) is 4.32. The average Bonchev–Trinajstić information content (AvgIpc) is 3.01. The number of benzene rings is 1. The van der Waals surface area contributed by atoms with Gasteiger partial charge in [-0.3, -0.25) is 0 Å². The van der Waals surface area contributed by atoms with Crippen LogP contribution in [0.25, 0.3) is 0 Å². The number of hydrogen-bond donors (Lipinski definition) is 1. The largest absolute Gasteiger partial charge is 0.432 e. The number of nitrogens with one attached hydrogen (secondary N) is 1. The van der Waals surface area contributed by atoms with Crippen molar-refractivity contribution in [3.8, 4) is 0 Å². The van der Waals surface area contributed by atoms with Crippen molar-refractivity contribution in [2.45, 2.75) is 25.7 Å². The Hall–Kier alpha value is -1.91. The minimum Gasteiger partial charge on any atom is -0.432 e. The smallest absolute Gasteiger partial charge is 0.266 e. The molecule has 3 rings (SSSR count). The second kappa shape index (κ2) is 8.81. The molecule has 0 bridgehead atoms. The van der Waals surface area contributed by atoms with Crippen LogP contribution in [0.2, 0.25) is 0 Å². The first-order valence-corrected chi connectivity index (χ1v) is 9.03. The van der Waals surface area contributed by atoms with Gasteiger partial charge in [-0.05, 0) is 75.3 Å². The molecule has 1 aliphatic carbocycles. The molecule has 4 heteroatoms. The molecule has 2 aliphatic rings. The highest BCUT2D eigenvalue weighted by molar-refractivity contribution is 7.80. The Labute approximate surface area is 149 Å². The molecular weight excluding hydrogens is 316 g/mol. The van der Waals surface area contributed by atoms with Gasteiger partial charge in [0.15, 0.2) is 0 Å². The third kappa shape index (κ3) is 5.32. The Morgan fingerprint density at radius 2 is 1.92 bits per heavy atom. The predicted molar refractivity (Wildman–Crippen MR) is 104 cm³/mol. The summed E-state index contributed by atoms with van der Waals surface area (Å²) in [4.78, 5) is 2.55. The van der Waals surface area contributed by atoms with E-state index in [1.165, 1.54) is 31.5 Å². The molecule has 0 atom stereocenters. The SMILES string of the molecule is S=C(Nc1ccccc1)OC1=CC=C(CCN2CCCC2)CC=C1. The van der Waals surface area contributed by atoms with Crippen LogP contribution in [-0.4, -0.2) is 29.7 Å². The van der Waals surface area contributed by atoms with Gasteiger partial charge in [0.25, 0.3) is 5.17 Å². The molecule has 1 heterocycles. The van der Waals surface area contributed by atoms with Gasteiger partial charge in [-0.25, -0.2) is 0 Å². The molecule has 0 unspecified atom stereocenters. The van der Waals surface area contributed by atoms with Crippen LogP contribution < -0.4 is 5.32 Å². The Morgan fingerprint density at radius 3 is 2.71 bits per heavy atom. The summed E-state index contributed by atoms with van der Waals surface area (Å²) in [6, 6.07) is 9.82. The van der Waals surface area contributed by atoms with E-state index in [0.717, 1.165) is 30.8 Å². The molecule has 3 nitrogen and oxygen atoms in total. The molecule has 1 N–H and O–H groups in total. The van der Waals surface area contributed by atoms with Crippen LogP contribution in [0.5, 0.6) is 0 Å². The van der Waals surface area contributed by atoms with E-state index < -0.39 is 0 Å². The van der Waals surface area contributed by atoms with Crippen LogP contribution >= 0.6 is 12.2 Å². The summed E-state index contributed by atoms with van der Waals surface area (Å²) in [5.41, 5.74) is 2.38. The quantitative estimate of drug-likeness (QED) is 0.788. The van der Waals surface area contributed by atoms with E-state index in [0.29, 0.717) is 5.17 Å². The number of nitrogens with zero attached hydrogens (tertiary/aromatic N) is 1. The molecule has 126 valence electrons. The van der Waals surface area contributed by atoms with E-state index in [9.17, 15) is 0 Å². The van der Waals surface area contributed by atoms with Gasteiger partial charge in [-0.15, -0.1) is 0 Å². The Bertz CT molecular complexity index is 643. The fourth-order valence-corrected chi connectivity index (χ4v) is 3.20. The standard InChI is InChI=1S/C20H24N2OS/c24-20(21-18-8-2-1-3-9-18)23-19-10-6-7-17(11-12-19)13-16-22-14-4-5-15-22/h1-3,6,8-12H,4-5,7,13-16H2,(H,21,24). The summed E-state index contributed by atoms with van der Waals surface area (Å²) in [7, 11) is 0. The maximum absolute atomic E-state index is 5.74. The second-order valence-corrected chi connectivity index (χ2v) is 6.55. The highest BCUT2D eigenvalue weighted by atomic mass is 32.1.